The Morgan fingerprint density at radius 1 is 0.938 bits per heavy atom. The number of nitrogens with zero attached hydrogens (tertiary/aromatic N) is 2. The van der Waals surface area contributed by atoms with E-state index in [1.807, 2.05) is 57.6 Å². The van der Waals surface area contributed by atoms with Gasteiger partial charge in [-0.25, -0.2) is 4.39 Å². The molecule has 0 saturated heterocycles. The molecule has 2 aromatic carbocycles. The Morgan fingerprint density at radius 2 is 1.66 bits per heavy atom. The van der Waals surface area contributed by atoms with E-state index in [1.54, 1.807) is 0 Å². The van der Waals surface area contributed by atoms with E-state index in [1.165, 1.54) is 17.0 Å². The summed E-state index contributed by atoms with van der Waals surface area (Å²) in [7, 11) is 3.95. The van der Waals surface area contributed by atoms with Crippen LogP contribution in [0.4, 0.5) is 4.39 Å². The lowest BCUT2D eigenvalue weighted by Gasteiger charge is -2.28. The smallest absolute Gasteiger partial charge is 0.151 e. The summed E-state index contributed by atoms with van der Waals surface area (Å²) < 4.78 is 31.4. The zero-order chi connectivity index (χ0) is 23.4. The van der Waals surface area contributed by atoms with Crippen molar-refractivity contribution in [2.24, 2.45) is 14.1 Å². The molecule has 0 fully saturated rings. The Balaban J connectivity index is 1.64. The van der Waals surface area contributed by atoms with Crippen molar-refractivity contribution < 1.29 is 13.9 Å². The molecule has 0 aliphatic carbocycles. The van der Waals surface area contributed by atoms with Crippen molar-refractivity contribution in [3.63, 3.8) is 0 Å². The Kier molecular flexibility index (Phi) is 5.27. The first-order valence-electron chi connectivity index (χ1n) is 11.1. The van der Waals surface area contributed by atoms with Gasteiger partial charge in [-0.2, -0.15) is 0 Å². The van der Waals surface area contributed by atoms with Crippen LogP contribution in [0.2, 0.25) is 0 Å². The van der Waals surface area contributed by atoms with Gasteiger partial charge in [0.05, 0.1) is 5.52 Å². The summed E-state index contributed by atoms with van der Waals surface area (Å²) in [6.45, 7) is 12.1. The molecular weight excluding hydrogens is 403 g/mol. The van der Waals surface area contributed by atoms with Gasteiger partial charge in [0, 0.05) is 60.3 Å². The molecule has 2 aromatic heterocycles. The zero-order valence-corrected chi connectivity index (χ0v) is 20.3. The van der Waals surface area contributed by atoms with E-state index in [0.717, 1.165) is 22.4 Å². The predicted molar refractivity (Wildman–Crippen MR) is 129 cm³/mol. The highest BCUT2D eigenvalue weighted by atomic mass is 19.1. The van der Waals surface area contributed by atoms with Crippen molar-refractivity contribution in [3.8, 4) is 11.5 Å². The van der Waals surface area contributed by atoms with Crippen molar-refractivity contribution >= 4 is 21.8 Å². The van der Waals surface area contributed by atoms with E-state index < -0.39 is 5.60 Å². The van der Waals surface area contributed by atoms with Gasteiger partial charge in [0.1, 0.15) is 22.7 Å². The van der Waals surface area contributed by atoms with Crippen LogP contribution in [-0.2, 0) is 20.5 Å². The number of fused-ring (bicyclic) bond motifs is 2. The van der Waals surface area contributed by atoms with E-state index in [4.69, 9.17) is 9.47 Å². The van der Waals surface area contributed by atoms with Gasteiger partial charge in [-0.05, 0) is 71.9 Å². The molecule has 4 nitrogen and oxygen atoms in total. The SMILES string of the molecule is Cc1c(OC(C)(C)Cc2cc3cc(OC(C)(C)C)cc(F)c3n2C)ccc2c1ccn2C. The second-order valence-electron chi connectivity index (χ2n) is 10.3. The second-order valence-corrected chi connectivity index (χ2v) is 10.3. The summed E-state index contributed by atoms with van der Waals surface area (Å²) in [5, 5.41) is 2.03. The first-order chi connectivity index (χ1) is 14.8. The molecule has 2 heterocycles. The quantitative estimate of drug-likeness (QED) is 0.348. The molecule has 0 radical (unpaired) electrons. The number of rotatable bonds is 5. The minimum atomic E-state index is -0.476. The first kappa shape index (κ1) is 22.3. The highest BCUT2D eigenvalue weighted by Crippen LogP contribution is 2.33. The van der Waals surface area contributed by atoms with Crippen LogP contribution in [0.25, 0.3) is 21.8 Å². The summed E-state index contributed by atoms with van der Waals surface area (Å²) in [6, 6.07) is 11.7. The Bertz CT molecular complexity index is 1310. The van der Waals surface area contributed by atoms with Crippen LogP contribution in [0.1, 0.15) is 45.9 Å². The molecule has 0 aliphatic rings. The molecule has 0 aliphatic heterocycles. The molecule has 170 valence electrons. The van der Waals surface area contributed by atoms with Crippen molar-refractivity contribution in [2.45, 2.75) is 59.2 Å². The number of halogens is 1. The van der Waals surface area contributed by atoms with Crippen molar-refractivity contribution in [2.75, 3.05) is 0 Å². The van der Waals surface area contributed by atoms with Gasteiger partial charge >= 0.3 is 0 Å². The van der Waals surface area contributed by atoms with Gasteiger partial charge in [0.25, 0.3) is 0 Å². The van der Waals surface area contributed by atoms with Crippen LogP contribution in [0, 0.1) is 12.7 Å². The number of aryl methyl sites for hydroxylation is 3. The highest BCUT2D eigenvalue weighted by molar-refractivity contribution is 5.86. The van der Waals surface area contributed by atoms with Crippen molar-refractivity contribution in [3.05, 3.63) is 59.7 Å². The molecule has 0 atom stereocenters. The molecule has 0 unspecified atom stereocenters. The molecule has 0 saturated carbocycles. The van der Waals surface area contributed by atoms with Gasteiger partial charge in [0.2, 0.25) is 0 Å². The van der Waals surface area contributed by atoms with E-state index >= 15 is 0 Å². The molecule has 0 bridgehead atoms. The minimum absolute atomic E-state index is 0.278. The molecule has 0 spiro atoms. The summed E-state index contributed by atoms with van der Waals surface area (Å²) in [4.78, 5) is 0. The topological polar surface area (TPSA) is 28.3 Å². The summed E-state index contributed by atoms with van der Waals surface area (Å²) in [6.07, 6.45) is 2.70. The standard InChI is InChI=1S/C27H33FN2O2/c1-17-21-11-12-29(7)23(21)9-10-24(17)32-27(5,6)16-19-13-18-14-20(31-26(2,3)4)15-22(28)25(18)30(19)8/h9-15H,16H2,1-8H3. The maximum Gasteiger partial charge on any atom is 0.151 e. The molecule has 4 aromatic rings. The summed E-state index contributed by atoms with van der Waals surface area (Å²) in [5.41, 5.74) is 3.05. The van der Waals surface area contributed by atoms with Gasteiger partial charge in [-0.15, -0.1) is 0 Å². The number of aromatic nitrogens is 2. The molecule has 0 N–H and O–H groups in total. The van der Waals surface area contributed by atoms with Gasteiger partial charge in [-0.1, -0.05) is 0 Å². The molecule has 4 rings (SSSR count). The number of benzene rings is 2. The molecule has 32 heavy (non-hydrogen) atoms. The lowest BCUT2D eigenvalue weighted by atomic mass is 10.0. The maximum absolute atomic E-state index is 14.9. The van der Waals surface area contributed by atoms with Gasteiger partial charge in [0.15, 0.2) is 5.82 Å². The fourth-order valence-corrected chi connectivity index (χ4v) is 4.42. The third-order valence-electron chi connectivity index (χ3n) is 5.86. The van der Waals surface area contributed by atoms with E-state index in [9.17, 15) is 4.39 Å². The van der Waals surface area contributed by atoms with E-state index in [2.05, 4.69) is 43.7 Å². The molecular formula is C27H33FN2O2. The fourth-order valence-electron chi connectivity index (χ4n) is 4.42. The third kappa shape index (κ3) is 4.21. The van der Waals surface area contributed by atoms with E-state index in [0.29, 0.717) is 17.7 Å². The number of hydrogen-bond donors (Lipinski definition) is 0. The number of hydrogen-bond acceptors (Lipinski definition) is 2. The monoisotopic (exact) mass is 436 g/mol. The van der Waals surface area contributed by atoms with E-state index in [-0.39, 0.29) is 11.4 Å². The van der Waals surface area contributed by atoms with Crippen LogP contribution in [0.5, 0.6) is 11.5 Å². The van der Waals surface area contributed by atoms with Gasteiger partial charge in [-0.3, -0.25) is 0 Å². The lowest BCUT2D eigenvalue weighted by molar-refractivity contribution is 0.107. The third-order valence-corrected chi connectivity index (χ3v) is 5.86. The zero-order valence-electron chi connectivity index (χ0n) is 20.3. The van der Waals surface area contributed by atoms with Crippen LogP contribution >= 0.6 is 0 Å². The summed E-state index contributed by atoms with van der Waals surface area (Å²) in [5.74, 6) is 1.14. The fraction of sp³-hybridized carbons (Fsp3) is 0.407. The Morgan fingerprint density at radius 3 is 2.34 bits per heavy atom. The van der Waals surface area contributed by atoms with Crippen LogP contribution in [-0.4, -0.2) is 20.3 Å². The largest absolute Gasteiger partial charge is 0.488 e. The average molecular weight is 437 g/mol. The van der Waals surface area contributed by atoms with Crippen LogP contribution in [0.3, 0.4) is 0 Å². The van der Waals surface area contributed by atoms with Crippen molar-refractivity contribution in [1.82, 2.24) is 9.13 Å². The lowest BCUT2D eigenvalue weighted by Crippen LogP contribution is -2.32. The first-order valence-corrected chi connectivity index (χ1v) is 11.1. The molecule has 5 heteroatoms. The van der Waals surface area contributed by atoms with Crippen LogP contribution in [0.15, 0.2) is 42.6 Å². The Hall–Kier alpha value is -2.95. The Labute approximate surface area is 189 Å². The van der Waals surface area contributed by atoms with Crippen LogP contribution < -0.4 is 9.47 Å². The summed E-state index contributed by atoms with van der Waals surface area (Å²) >= 11 is 0. The highest BCUT2D eigenvalue weighted by Gasteiger charge is 2.25. The maximum atomic E-state index is 14.9. The van der Waals surface area contributed by atoms with Gasteiger partial charge < -0.3 is 18.6 Å². The molecule has 0 amide bonds. The van der Waals surface area contributed by atoms with Crippen molar-refractivity contribution in [1.29, 1.82) is 0 Å². The number of ether oxygens (including phenoxy) is 2. The average Bonchev–Trinajstić information content (AvgIpc) is 3.16. The normalized spacial score (nSPS) is 12.7. The predicted octanol–water partition coefficient (Wildman–Crippen LogP) is 6.69. The second kappa shape index (κ2) is 7.58. The minimum Gasteiger partial charge on any atom is -0.488 e.